The molecule has 5 aromatic carbocycles. The molecule has 0 saturated heterocycles. The van der Waals surface area contributed by atoms with Crippen molar-refractivity contribution < 1.29 is 26.1 Å². The van der Waals surface area contributed by atoms with Crippen LogP contribution >= 0.6 is 7.26 Å². The molecule has 0 aliphatic heterocycles. The lowest BCUT2D eigenvalue weighted by atomic mass is 10.2. The highest BCUT2D eigenvalue weighted by molar-refractivity contribution is 7.95. The molecule has 0 heterocycles. The lowest BCUT2D eigenvalue weighted by molar-refractivity contribution is -0.00000773. The molecule has 0 N–H and O–H groups in total. The Kier molecular flexibility index (Phi) is 8.70. The molecule has 0 spiro atoms. The van der Waals surface area contributed by atoms with Gasteiger partial charge in [0.25, 0.3) is 0 Å². The largest absolute Gasteiger partial charge is 1.00 e. The first kappa shape index (κ1) is 25.8. The van der Waals surface area contributed by atoms with E-state index in [2.05, 4.69) is 72.8 Å². The third-order valence-electron chi connectivity index (χ3n) is 6.26. The molecule has 5 aromatic rings. The molecule has 0 unspecified atom stereocenters. The van der Waals surface area contributed by atoms with Gasteiger partial charge in [-0.25, -0.2) is 4.39 Å². The Bertz CT molecular complexity index is 1270. The molecule has 1 nitrogen and oxygen atoms in total. The maximum Gasteiger partial charge on any atom is 0.126 e. The zero-order chi connectivity index (χ0) is 23.9. The van der Waals surface area contributed by atoms with Gasteiger partial charge in [0.2, 0.25) is 0 Å². The van der Waals surface area contributed by atoms with Gasteiger partial charge in [0.15, 0.2) is 0 Å². The van der Waals surface area contributed by atoms with Gasteiger partial charge in [-0.3, -0.25) is 0 Å². The van der Waals surface area contributed by atoms with Crippen LogP contribution in [-0.2, 0) is 12.8 Å². The first-order chi connectivity index (χ1) is 17.3. The van der Waals surface area contributed by atoms with E-state index >= 15 is 0 Å². The van der Waals surface area contributed by atoms with Crippen molar-refractivity contribution in [3.63, 3.8) is 0 Å². The molecule has 0 saturated carbocycles. The summed E-state index contributed by atoms with van der Waals surface area (Å²) >= 11 is 0. The zero-order valence-corrected chi connectivity index (χ0v) is 22.3. The molecule has 36 heavy (non-hydrogen) atoms. The summed E-state index contributed by atoms with van der Waals surface area (Å²) in [6.07, 6.45) is 0.660. The van der Waals surface area contributed by atoms with E-state index in [4.69, 9.17) is 4.74 Å². The Hall–Kier alpha value is -3.26. The van der Waals surface area contributed by atoms with Crippen LogP contribution in [0.5, 0.6) is 5.75 Å². The van der Waals surface area contributed by atoms with E-state index < -0.39 is 7.26 Å². The van der Waals surface area contributed by atoms with Crippen LogP contribution in [0.15, 0.2) is 140 Å². The average molecular weight is 557 g/mol. The van der Waals surface area contributed by atoms with Crippen LogP contribution in [0.1, 0.15) is 11.1 Å². The molecule has 0 atom stereocenters. The molecule has 0 fully saturated rings. The predicted octanol–water partition coefficient (Wildman–Crippen LogP) is 3.90. The van der Waals surface area contributed by atoms with Gasteiger partial charge in [-0.2, -0.15) is 0 Å². The first-order valence-corrected chi connectivity index (χ1v) is 13.7. The summed E-state index contributed by atoms with van der Waals surface area (Å²) in [5, 5.41) is 3.78. The van der Waals surface area contributed by atoms with Gasteiger partial charge in [-0.15, -0.1) is 0 Å². The van der Waals surface area contributed by atoms with Crippen molar-refractivity contribution in [2.24, 2.45) is 0 Å². The van der Waals surface area contributed by atoms with Crippen molar-refractivity contribution in [2.75, 3.05) is 0 Å². The number of benzene rings is 5. The molecule has 0 amide bonds. The monoisotopic (exact) mass is 556 g/mol. The quantitative estimate of drug-likeness (QED) is 0.263. The molecular formula is C32H27BrFOP. The van der Waals surface area contributed by atoms with Crippen molar-refractivity contribution in [3.8, 4) is 5.75 Å². The van der Waals surface area contributed by atoms with E-state index in [1.165, 1.54) is 22.0 Å². The molecular weight excluding hydrogens is 530 g/mol. The Morgan fingerprint density at radius 3 is 1.47 bits per heavy atom. The normalized spacial score (nSPS) is 10.9. The summed E-state index contributed by atoms with van der Waals surface area (Å²) in [6.45, 7) is 0.437. The van der Waals surface area contributed by atoms with Crippen molar-refractivity contribution in [1.82, 2.24) is 0 Å². The highest BCUT2D eigenvalue weighted by Crippen LogP contribution is 2.59. The van der Waals surface area contributed by atoms with Crippen LogP contribution in [0, 0.1) is 5.82 Å². The smallest absolute Gasteiger partial charge is 0.126 e. The van der Waals surface area contributed by atoms with E-state index in [0.29, 0.717) is 12.8 Å². The van der Waals surface area contributed by atoms with Crippen molar-refractivity contribution in [2.45, 2.75) is 12.8 Å². The van der Waals surface area contributed by atoms with Crippen LogP contribution < -0.4 is 37.6 Å². The lowest BCUT2D eigenvalue weighted by Gasteiger charge is -2.28. The SMILES string of the molecule is Fc1ccc(OCc2ccccc2)c(C[P+](c2ccccc2)(c2ccccc2)c2ccccc2)c1.[Br-]. The highest BCUT2D eigenvalue weighted by Gasteiger charge is 2.46. The predicted molar refractivity (Wildman–Crippen MR) is 146 cm³/mol. The van der Waals surface area contributed by atoms with Crippen LogP contribution in [0.25, 0.3) is 0 Å². The second kappa shape index (κ2) is 12.1. The average Bonchev–Trinajstić information content (AvgIpc) is 2.93. The first-order valence-electron chi connectivity index (χ1n) is 11.8. The van der Waals surface area contributed by atoms with Crippen molar-refractivity contribution >= 4 is 23.2 Å². The van der Waals surface area contributed by atoms with Gasteiger partial charge in [-0.1, -0.05) is 84.9 Å². The van der Waals surface area contributed by atoms with Gasteiger partial charge in [0.05, 0.1) is 0 Å². The summed E-state index contributed by atoms with van der Waals surface area (Å²) in [7, 11) is -2.16. The van der Waals surface area contributed by atoms with Crippen LogP contribution in [-0.4, -0.2) is 0 Å². The number of hydrogen-bond donors (Lipinski definition) is 0. The summed E-state index contributed by atoms with van der Waals surface area (Å²) in [6, 6.07) is 46.9. The molecule has 0 aromatic heterocycles. The molecule has 0 bridgehead atoms. The third-order valence-corrected chi connectivity index (χ3v) is 10.6. The number of rotatable bonds is 8. The Balaban J connectivity index is 0.00000304. The molecule has 0 radical (unpaired) electrons. The van der Waals surface area contributed by atoms with E-state index in [1.807, 2.05) is 48.5 Å². The van der Waals surface area contributed by atoms with Gasteiger partial charge < -0.3 is 21.7 Å². The zero-order valence-electron chi connectivity index (χ0n) is 19.8. The lowest BCUT2D eigenvalue weighted by Crippen LogP contribution is -3.00. The van der Waals surface area contributed by atoms with Gasteiger partial charge in [0.1, 0.15) is 47.5 Å². The van der Waals surface area contributed by atoms with Crippen LogP contribution in [0.4, 0.5) is 4.39 Å². The molecule has 0 aliphatic carbocycles. The minimum absolute atomic E-state index is 0. The third kappa shape index (κ3) is 5.59. The summed E-state index contributed by atoms with van der Waals surface area (Å²) in [4.78, 5) is 0. The molecule has 0 aliphatic rings. The fraction of sp³-hybridized carbons (Fsp3) is 0.0625. The number of ether oxygens (including phenoxy) is 1. The van der Waals surface area contributed by atoms with Gasteiger partial charge in [-0.05, 0) is 60.2 Å². The van der Waals surface area contributed by atoms with E-state index in [0.717, 1.165) is 16.9 Å². The Morgan fingerprint density at radius 2 is 1.00 bits per heavy atom. The highest BCUT2D eigenvalue weighted by atomic mass is 79.9. The fourth-order valence-corrected chi connectivity index (χ4v) is 8.82. The summed E-state index contributed by atoms with van der Waals surface area (Å²) in [5.41, 5.74) is 1.96. The van der Waals surface area contributed by atoms with Gasteiger partial charge in [0, 0.05) is 5.56 Å². The van der Waals surface area contributed by atoms with E-state index in [-0.39, 0.29) is 22.8 Å². The topological polar surface area (TPSA) is 9.23 Å². The Labute approximate surface area is 223 Å². The minimum atomic E-state index is -2.16. The summed E-state index contributed by atoms with van der Waals surface area (Å²) in [5.74, 6) is 0.474. The van der Waals surface area contributed by atoms with E-state index in [1.54, 1.807) is 12.1 Å². The van der Waals surface area contributed by atoms with Crippen LogP contribution in [0.2, 0.25) is 0 Å². The van der Waals surface area contributed by atoms with Crippen LogP contribution in [0.3, 0.4) is 0 Å². The standard InChI is InChI=1S/C32H27FOP.BrH/c33-28-21-22-32(34-24-26-13-5-1-6-14-26)27(23-28)25-35(29-15-7-2-8-16-29,30-17-9-3-10-18-30)31-19-11-4-12-20-31;/h1-23H,24-25H2;1H/q+1;/p-1. The molecule has 5 rings (SSSR count). The Morgan fingerprint density at radius 1 is 0.556 bits per heavy atom. The minimum Gasteiger partial charge on any atom is -1.00 e. The number of hydrogen-bond acceptors (Lipinski definition) is 1. The molecule has 180 valence electrons. The van der Waals surface area contributed by atoms with Crippen molar-refractivity contribution in [1.29, 1.82) is 0 Å². The van der Waals surface area contributed by atoms with E-state index in [9.17, 15) is 4.39 Å². The fourth-order valence-electron chi connectivity index (χ4n) is 4.57. The van der Waals surface area contributed by atoms with Crippen molar-refractivity contribution in [3.05, 3.63) is 156 Å². The van der Waals surface area contributed by atoms with Gasteiger partial charge >= 0.3 is 0 Å². The number of halogens is 2. The maximum atomic E-state index is 14.6. The maximum absolute atomic E-state index is 14.6. The molecule has 4 heteroatoms. The second-order valence-corrected chi connectivity index (χ2v) is 12.0. The summed E-state index contributed by atoms with van der Waals surface area (Å²) < 4.78 is 20.9. The second-order valence-electron chi connectivity index (χ2n) is 8.50.